The lowest BCUT2D eigenvalue weighted by atomic mass is 10.2. The molecule has 1 fully saturated rings. The van der Waals surface area contributed by atoms with E-state index < -0.39 is 0 Å². The van der Waals surface area contributed by atoms with E-state index in [1.807, 2.05) is 18.2 Å². The molecule has 0 atom stereocenters. The van der Waals surface area contributed by atoms with Crippen LogP contribution in [0.1, 0.15) is 32.5 Å². The standard InChI is InChI=1S/C21H33N7O.HI/c1-3-5-10-22-21(23-11-12-28-17-24-25-20(28)4-2)27-15-13-26(14-16-27)18-8-6-7-9-19(18)29;/h6-9,17,29H,3-5,10-16H2,1-2H3,(H,22,23);1H. The van der Waals surface area contributed by atoms with Crippen LogP contribution in [0.3, 0.4) is 0 Å². The van der Waals surface area contributed by atoms with Gasteiger partial charge in [0.1, 0.15) is 17.9 Å². The van der Waals surface area contributed by atoms with Crippen molar-refractivity contribution in [2.45, 2.75) is 39.7 Å². The summed E-state index contributed by atoms with van der Waals surface area (Å²) in [6.45, 7) is 10.2. The third-order valence-corrected chi connectivity index (χ3v) is 5.22. The van der Waals surface area contributed by atoms with E-state index in [1.165, 1.54) is 0 Å². The summed E-state index contributed by atoms with van der Waals surface area (Å²) in [6, 6.07) is 7.55. The zero-order valence-corrected chi connectivity index (χ0v) is 20.3. The van der Waals surface area contributed by atoms with Crippen LogP contribution in [0.15, 0.2) is 35.6 Å². The van der Waals surface area contributed by atoms with Gasteiger partial charge in [-0.15, -0.1) is 34.2 Å². The quantitative estimate of drug-likeness (QED) is 0.238. The number of para-hydroxylation sites is 2. The van der Waals surface area contributed by atoms with Gasteiger partial charge in [-0.3, -0.25) is 4.99 Å². The number of nitrogens with zero attached hydrogens (tertiary/aromatic N) is 6. The fourth-order valence-electron chi connectivity index (χ4n) is 3.53. The number of nitrogens with one attached hydrogen (secondary N) is 1. The van der Waals surface area contributed by atoms with Crippen molar-refractivity contribution in [1.29, 1.82) is 0 Å². The van der Waals surface area contributed by atoms with Crippen molar-refractivity contribution in [3.8, 4) is 5.75 Å². The van der Waals surface area contributed by atoms with Gasteiger partial charge in [0.25, 0.3) is 0 Å². The number of unbranched alkanes of at least 4 members (excludes halogenated alkanes) is 1. The van der Waals surface area contributed by atoms with Crippen molar-refractivity contribution in [1.82, 2.24) is 25.0 Å². The molecule has 2 heterocycles. The van der Waals surface area contributed by atoms with Crippen LogP contribution in [-0.4, -0.2) is 70.0 Å². The third-order valence-electron chi connectivity index (χ3n) is 5.22. The van der Waals surface area contributed by atoms with Crippen molar-refractivity contribution in [2.24, 2.45) is 4.99 Å². The van der Waals surface area contributed by atoms with E-state index in [2.05, 4.69) is 43.7 Å². The number of rotatable bonds is 8. The van der Waals surface area contributed by atoms with E-state index in [0.717, 1.165) is 82.5 Å². The van der Waals surface area contributed by atoms with Gasteiger partial charge < -0.3 is 24.8 Å². The molecule has 1 saturated heterocycles. The molecular formula is C21H34IN7O. The highest BCUT2D eigenvalue weighted by atomic mass is 127. The molecule has 166 valence electrons. The highest BCUT2D eigenvalue weighted by Crippen LogP contribution is 2.27. The van der Waals surface area contributed by atoms with E-state index in [1.54, 1.807) is 12.4 Å². The molecule has 9 heteroatoms. The number of aryl methyl sites for hydroxylation is 1. The molecule has 1 aromatic carbocycles. The van der Waals surface area contributed by atoms with Crippen LogP contribution in [0, 0.1) is 0 Å². The van der Waals surface area contributed by atoms with Crippen LogP contribution >= 0.6 is 24.0 Å². The minimum atomic E-state index is 0. The molecule has 0 amide bonds. The number of piperazine rings is 1. The van der Waals surface area contributed by atoms with E-state index >= 15 is 0 Å². The first-order valence-electron chi connectivity index (χ1n) is 10.7. The van der Waals surface area contributed by atoms with Crippen LogP contribution in [-0.2, 0) is 13.0 Å². The maximum atomic E-state index is 10.1. The third kappa shape index (κ3) is 6.48. The van der Waals surface area contributed by atoms with Crippen molar-refractivity contribution in [3.63, 3.8) is 0 Å². The Morgan fingerprint density at radius 2 is 1.93 bits per heavy atom. The lowest BCUT2D eigenvalue weighted by Gasteiger charge is -2.38. The molecular weight excluding hydrogens is 493 g/mol. The van der Waals surface area contributed by atoms with Crippen molar-refractivity contribution in [2.75, 3.05) is 44.2 Å². The summed E-state index contributed by atoms with van der Waals surface area (Å²) in [5, 5.41) is 21.8. The van der Waals surface area contributed by atoms with E-state index in [0.29, 0.717) is 5.75 Å². The van der Waals surface area contributed by atoms with Gasteiger partial charge in [0.2, 0.25) is 0 Å². The monoisotopic (exact) mass is 527 g/mol. The molecule has 1 aliphatic rings. The smallest absolute Gasteiger partial charge is 0.194 e. The molecule has 0 unspecified atom stereocenters. The molecule has 3 rings (SSSR count). The van der Waals surface area contributed by atoms with Gasteiger partial charge in [-0.05, 0) is 18.6 Å². The number of aromatic hydroxyl groups is 1. The molecule has 2 aromatic rings. The summed E-state index contributed by atoms with van der Waals surface area (Å²) in [5.74, 6) is 2.32. The number of benzene rings is 1. The van der Waals surface area contributed by atoms with Gasteiger partial charge in [0.05, 0.1) is 5.69 Å². The number of aromatic nitrogens is 3. The Hall–Kier alpha value is -2.04. The molecule has 2 N–H and O–H groups in total. The van der Waals surface area contributed by atoms with Gasteiger partial charge in [-0.25, -0.2) is 0 Å². The topological polar surface area (TPSA) is 81.8 Å². The molecule has 0 saturated carbocycles. The van der Waals surface area contributed by atoms with Crippen LogP contribution in [0.4, 0.5) is 5.69 Å². The molecule has 30 heavy (non-hydrogen) atoms. The minimum Gasteiger partial charge on any atom is -0.506 e. The number of hydrogen-bond acceptors (Lipinski definition) is 5. The molecule has 0 spiro atoms. The largest absolute Gasteiger partial charge is 0.506 e. The minimum absolute atomic E-state index is 0. The number of guanidine groups is 1. The number of anilines is 1. The molecule has 1 aromatic heterocycles. The summed E-state index contributed by atoms with van der Waals surface area (Å²) in [5.41, 5.74) is 0.907. The van der Waals surface area contributed by atoms with Gasteiger partial charge in [0.15, 0.2) is 5.96 Å². The predicted molar refractivity (Wildman–Crippen MR) is 132 cm³/mol. The number of phenolic OH excluding ortho intramolecular Hbond substituents is 1. The maximum Gasteiger partial charge on any atom is 0.194 e. The summed E-state index contributed by atoms with van der Waals surface area (Å²) in [6.07, 6.45) is 4.90. The maximum absolute atomic E-state index is 10.1. The van der Waals surface area contributed by atoms with Crippen molar-refractivity contribution >= 4 is 35.6 Å². The molecule has 1 aliphatic heterocycles. The first-order valence-corrected chi connectivity index (χ1v) is 10.7. The Balaban J connectivity index is 0.00000320. The zero-order valence-electron chi connectivity index (χ0n) is 18.0. The SMILES string of the molecule is CCCCN=C(NCCn1cnnc1CC)N1CCN(c2ccccc2O)CC1.I. The fraction of sp³-hybridized carbons (Fsp3) is 0.571. The summed E-state index contributed by atoms with van der Waals surface area (Å²) >= 11 is 0. The van der Waals surface area contributed by atoms with Crippen LogP contribution in [0.2, 0.25) is 0 Å². The van der Waals surface area contributed by atoms with Gasteiger partial charge in [0, 0.05) is 52.2 Å². The summed E-state index contributed by atoms with van der Waals surface area (Å²) in [7, 11) is 0. The number of phenols is 1. The Morgan fingerprint density at radius 3 is 2.63 bits per heavy atom. The second-order valence-corrected chi connectivity index (χ2v) is 7.24. The Labute approximate surface area is 196 Å². The zero-order chi connectivity index (χ0) is 20.5. The first kappa shape index (κ1) is 24.2. The average molecular weight is 527 g/mol. The number of hydrogen-bond donors (Lipinski definition) is 2. The Kier molecular flexibility index (Phi) is 10.2. The summed E-state index contributed by atoms with van der Waals surface area (Å²) in [4.78, 5) is 9.39. The van der Waals surface area contributed by atoms with Gasteiger partial charge in [-0.2, -0.15) is 0 Å². The van der Waals surface area contributed by atoms with Gasteiger partial charge >= 0.3 is 0 Å². The highest BCUT2D eigenvalue weighted by Gasteiger charge is 2.21. The lowest BCUT2D eigenvalue weighted by Crippen LogP contribution is -2.53. The van der Waals surface area contributed by atoms with Crippen LogP contribution in [0.25, 0.3) is 0 Å². The number of aliphatic imine (C=N–C) groups is 1. The van der Waals surface area contributed by atoms with E-state index in [-0.39, 0.29) is 24.0 Å². The number of halogens is 1. The highest BCUT2D eigenvalue weighted by molar-refractivity contribution is 14.0. The molecule has 8 nitrogen and oxygen atoms in total. The molecule has 0 aliphatic carbocycles. The molecule has 0 radical (unpaired) electrons. The van der Waals surface area contributed by atoms with E-state index in [4.69, 9.17) is 4.99 Å². The lowest BCUT2D eigenvalue weighted by molar-refractivity contribution is 0.368. The first-order chi connectivity index (χ1) is 14.2. The Morgan fingerprint density at radius 1 is 1.17 bits per heavy atom. The second-order valence-electron chi connectivity index (χ2n) is 7.24. The second kappa shape index (κ2) is 12.6. The Bertz CT molecular complexity index is 787. The van der Waals surface area contributed by atoms with Gasteiger partial charge in [-0.1, -0.05) is 32.4 Å². The summed E-state index contributed by atoms with van der Waals surface area (Å²) < 4.78 is 2.09. The van der Waals surface area contributed by atoms with Crippen molar-refractivity contribution < 1.29 is 5.11 Å². The van der Waals surface area contributed by atoms with E-state index in [9.17, 15) is 5.11 Å². The van der Waals surface area contributed by atoms with Crippen molar-refractivity contribution in [3.05, 3.63) is 36.4 Å². The molecule has 0 bridgehead atoms. The predicted octanol–water partition coefficient (Wildman–Crippen LogP) is 2.73. The van der Waals surface area contributed by atoms with Crippen LogP contribution in [0.5, 0.6) is 5.75 Å². The fourth-order valence-corrected chi connectivity index (χ4v) is 3.53. The van der Waals surface area contributed by atoms with Crippen LogP contribution < -0.4 is 10.2 Å². The average Bonchev–Trinajstić information content (AvgIpc) is 3.21. The normalized spacial score (nSPS) is 14.5.